The van der Waals surface area contributed by atoms with Gasteiger partial charge in [0.1, 0.15) is 0 Å². The number of aliphatic imine (C=N–C) groups is 1. The van der Waals surface area contributed by atoms with Crippen LogP contribution in [0.1, 0.15) is 16.0 Å². The Bertz CT molecular complexity index is 1730. The van der Waals surface area contributed by atoms with Gasteiger partial charge in [-0.05, 0) is 23.6 Å². The summed E-state index contributed by atoms with van der Waals surface area (Å²) in [6.07, 6.45) is 3.80. The molecule has 0 amide bonds. The molecule has 0 saturated carbocycles. The van der Waals surface area contributed by atoms with E-state index in [0.717, 1.165) is 49.4 Å². The van der Waals surface area contributed by atoms with Crippen LogP contribution in [0, 0.1) is 0 Å². The summed E-state index contributed by atoms with van der Waals surface area (Å²) >= 11 is 1.46. The monoisotopic (exact) mass is 485 g/mol. The number of fused-ring (bicyclic) bond motifs is 2. The third-order valence-electron chi connectivity index (χ3n) is 6.21. The minimum absolute atomic E-state index is 0.170. The van der Waals surface area contributed by atoms with Crippen molar-refractivity contribution in [1.29, 1.82) is 0 Å². The molecule has 4 nitrogen and oxygen atoms in total. The van der Waals surface area contributed by atoms with Crippen molar-refractivity contribution in [2.24, 2.45) is 9.98 Å². The summed E-state index contributed by atoms with van der Waals surface area (Å²) in [4.78, 5) is 11.3. The van der Waals surface area contributed by atoms with Gasteiger partial charge in [-0.15, -0.1) is 6.58 Å². The molecule has 0 bridgehead atoms. The zero-order chi connectivity index (χ0) is 24.5. The summed E-state index contributed by atoms with van der Waals surface area (Å²) in [6, 6.07) is 32.5. The van der Waals surface area contributed by atoms with Crippen LogP contribution in [0.15, 0.2) is 120 Å². The van der Waals surface area contributed by atoms with E-state index in [1.165, 1.54) is 11.3 Å². The molecule has 6 rings (SSSR count). The molecule has 0 aliphatic carbocycles. The van der Waals surface area contributed by atoms with E-state index < -0.39 is 0 Å². The number of aromatic nitrogens is 1. The van der Waals surface area contributed by atoms with Crippen LogP contribution in [-0.4, -0.2) is 15.4 Å². The first-order valence-electron chi connectivity index (χ1n) is 11.7. The summed E-state index contributed by atoms with van der Waals surface area (Å²) in [6.45, 7) is 4.34. The first kappa shape index (κ1) is 22.0. The number of hydrogen-bond donors (Lipinski definition) is 1. The maximum absolute atomic E-state index is 11.3. The van der Waals surface area contributed by atoms with Gasteiger partial charge in [-0.25, -0.2) is 9.98 Å². The smallest absolute Gasteiger partial charge is 0.211 e. The van der Waals surface area contributed by atoms with Crippen molar-refractivity contribution in [2.75, 3.05) is 0 Å². The normalized spacial score (nSPS) is 14.3. The fraction of sp³-hybridized carbons (Fsp3) is 0.0323. The zero-order valence-corrected chi connectivity index (χ0v) is 20.3. The van der Waals surface area contributed by atoms with E-state index in [0.29, 0.717) is 11.3 Å². The van der Waals surface area contributed by atoms with Gasteiger partial charge in [0.2, 0.25) is 5.88 Å². The van der Waals surface area contributed by atoms with Crippen LogP contribution < -0.4 is 4.80 Å². The minimum Gasteiger partial charge on any atom is -0.493 e. The molecule has 5 aromatic rings. The molecule has 0 unspecified atom stereocenters. The molecule has 0 radical (unpaired) electrons. The lowest BCUT2D eigenvalue weighted by Crippen LogP contribution is -2.12. The average molecular weight is 486 g/mol. The average Bonchev–Trinajstić information content (AvgIpc) is 3.43. The zero-order valence-electron chi connectivity index (χ0n) is 19.5. The fourth-order valence-electron chi connectivity index (χ4n) is 4.50. The first-order valence-corrected chi connectivity index (χ1v) is 12.6. The van der Waals surface area contributed by atoms with Crippen LogP contribution >= 0.6 is 11.3 Å². The maximum atomic E-state index is 11.3. The second-order valence-electron chi connectivity index (χ2n) is 8.48. The van der Waals surface area contributed by atoms with Gasteiger partial charge in [0, 0.05) is 28.6 Å². The van der Waals surface area contributed by atoms with E-state index >= 15 is 0 Å². The molecule has 1 N–H and O–H groups in total. The Morgan fingerprint density at radius 2 is 1.64 bits per heavy atom. The highest BCUT2D eigenvalue weighted by atomic mass is 32.1. The molecule has 0 atom stereocenters. The number of hydrogen-bond acceptors (Lipinski definition) is 4. The number of para-hydroxylation sites is 1. The highest BCUT2D eigenvalue weighted by Crippen LogP contribution is 2.39. The van der Waals surface area contributed by atoms with Crippen LogP contribution in [0.2, 0.25) is 0 Å². The van der Waals surface area contributed by atoms with Crippen LogP contribution in [0.25, 0.3) is 22.4 Å². The second-order valence-corrected chi connectivity index (χ2v) is 9.49. The van der Waals surface area contributed by atoms with E-state index in [2.05, 4.69) is 43.0 Å². The van der Waals surface area contributed by atoms with Crippen molar-refractivity contribution in [2.45, 2.75) is 6.54 Å². The highest BCUT2D eigenvalue weighted by Gasteiger charge is 2.23. The van der Waals surface area contributed by atoms with Gasteiger partial charge < -0.3 is 5.11 Å². The van der Waals surface area contributed by atoms with E-state index in [9.17, 15) is 5.11 Å². The van der Waals surface area contributed by atoms with E-state index in [4.69, 9.17) is 9.98 Å². The lowest BCUT2D eigenvalue weighted by atomic mass is 9.97. The quantitative estimate of drug-likeness (QED) is 0.257. The molecule has 2 heterocycles. The van der Waals surface area contributed by atoms with E-state index in [1.807, 2.05) is 66.7 Å². The number of thiazole rings is 1. The predicted octanol–water partition coefficient (Wildman–Crippen LogP) is 7.50. The predicted molar refractivity (Wildman–Crippen MR) is 150 cm³/mol. The summed E-state index contributed by atoms with van der Waals surface area (Å²) in [7, 11) is 0. The van der Waals surface area contributed by atoms with Crippen molar-refractivity contribution in [3.05, 3.63) is 131 Å². The third kappa shape index (κ3) is 3.89. The van der Waals surface area contributed by atoms with Crippen LogP contribution in [0.5, 0.6) is 5.88 Å². The Labute approximate surface area is 213 Å². The van der Waals surface area contributed by atoms with Gasteiger partial charge in [0.05, 0.1) is 22.0 Å². The molecule has 0 fully saturated rings. The Hall–Kier alpha value is -4.48. The first-order chi connectivity index (χ1) is 17.7. The summed E-state index contributed by atoms with van der Waals surface area (Å²) in [5, 5.41) is 13.5. The largest absolute Gasteiger partial charge is 0.493 e. The van der Waals surface area contributed by atoms with Crippen LogP contribution in [0.3, 0.4) is 0 Å². The standard InChI is InChI=1S/C31H23N3OS/c1-2-19-34-30(35)28(36-31(34)33-26-18-10-14-21-11-6-7-15-23(21)26)20-25-24-16-8-9-17-27(24)32-29(25)22-12-4-3-5-13-22/h2-18,20,35H,1,19H2/b25-20-,33-31?. The lowest BCUT2D eigenvalue weighted by molar-refractivity contribution is 0.421. The Balaban J connectivity index is 1.54. The molecule has 1 aliphatic heterocycles. The van der Waals surface area contributed by atoms with Gasteiger partial charge in [0.15, 0.2) is 4.80 Å². The molecule has 36 heavy (non-hydrogen) atoms. The topological polar surface area (TPSA) is 49.9 Å². The van der Waals surface area contributed by atoms with Crippen molar-refractivity contribution >= 4 is 50.8 Å². The number of rotatable bonds is 5. The molecule has 0 saturated heterocycles. The molecule has 5 heteroatoms. The number of nitrogens with zero attached hydrogens (tertiary/aromatic N) is 3. The molecular weight excluding hydrogens is 462 g/mol. The number of benzene rings is 4. The van der Waals surface area contributed by atoms with Crippen LogP contribution in [-0.2, 0) is 6.54 Å². The van der Waals surface area contributed by atoms with E-state index in [1.54, 1.807) is 10.6 Å². The molecule has 4 aromatic carbocycles. The van der Waals surface area contributed by atoms with Gasteiger partial charge in [-0.1, -0.05) is 102 Å². The summed E-state index contributed by atoms with van der Waals surface area (Å²) < 4.78 is 1.80. The van der Waals surface area contributed by atoms with Crippen molar-refractivity contribution in [3.8, 4) is 5.88 Å². The van der Waals surface area contributed by atoms with Crippen molar-refractivity contribution < 1.29 is 5.11 Å². The Morgan fingerprint density at radius 1 is 0.889 bits per heavy atom. The Kier molecular flexibility index (Phi) is 5.68. The number of allylic oxidation sites excluding steroid dienone is 2. The molecule has 174 valence electrons. The van der Waals surface area contributed by atoms with Crippen molar-refractivity contribution in [3.63, 3.8) is 0 Å². The van der Waals surface area contributed by atoms with Gasteiger partial charge >= 0.3 is 0 Å². The molecule has 1 aromatic heterocycles. The lowest BCUT2D eigenvalue weighted by Gasteiger charge is -2.06. The maximum Gasteiger partial charge on any atom is 0.211 e. The van der Waals surface area contributed by atoms with Gasteiger partial charge in [-0.3, -0.25) is 4.57 Å². The summed E-state index contributed by atoms with van der Waals surface area (Å²) in [5.41, 5.74) is 5.76. The second kappa shape index (κ2) is 9.29. The van der Waals surface area contributed by atoms with Crippen LogP contribution in [0.4, 0.5) is 11.4 Å². The molecular formula is C31H23N3OS. The van der Waals surface area contributed by atoms with Crippen molar-refractivity contribution in [1.82, 2.24) is 4.57 Å². The summed E-state index contributed by atoms with van der Waals surface area (Å²) in [5.74, 6) is 0.170. The minimum atomic E-state index is 0.170. The molecule has 1 aliphatic rings. The molecule has 0 spiro atoms. The highest BCUT2D eigenvalue weighted by molar-refractivity contribution is 7.10. The van der Waals surface area contributed by atoms with Gasteiger partial charge in [0.25, 0.3) is 0 Å². The number of aromatic hydroxyl groups is 1. The SMILES string of the molecule is C=CCn1c(O)c(/C=C2\C(c3ccccc3)=Nc3ccccc32)sc1=Nc1cccc2ccccc12. The Morgan fingerprint density at radius 3 is 2.50 bits per heavy atom. The van der Waals surface area contributed by atoms with Gasteiger partial charge in [-0.2, -0.15) is 0 Å². The van der Waals surface area contributed by atoms with E-state index in [-0.39, 0.29) is 5.88 Å². The fourth-order valence-corrected chi connectivity index (χ4v) is 5.49. The third-order valence-corrected chi connectivity index (χ3v) is 7.22.